The van der Waals surface area contributed by atoms with Crippen molar-refractivity contribution in [2.24, 2.45) is 9.98 Å². The largest absolute Gasteiger partial charge is 0.471 e. The van der Waals surface area contributed by atoms with Gasteiger partial charge in [0.25, 0.3) is 0 Å². The second kappa shape index (κ2) is 4.40. The molecule has 2 aliphatic heterocycles. The van der Waals surface area contributed by atoms with Crippen molar-refractivity contribution in [1.82, 2.24) is 4.98 Å². The lowest BCUT2D eigenvalue weighted by Crippen LogP contribution is -2.14. The summed E-state index contributed by atoms with van der Waals surface area (Å²) in [6.07, 6.45) is 0.260. The van der Waals surface area contributed by atoms with Crippen molar-refractivity contribution in [3.05, 3.63) is 29.6 Å². The molecule has 2 atom stereocenters. The number of aliphatic imine (C=N–C) groups is 2. The third kappa shape index (κ3) is 2.08. The van der Waals surface area contributed by atoms with Crippen molar-refractivity contribution in [2.75, 3.05) is 13.1 Å². The summed E-state index contributed by atoms with van der Waals surface area (Å²) in [4.78, 5) is 13.1. The second-order valence-electron chi connectivity index (χ2n) is 4.56. The zero-order valence-electron chi connectivity index (χ0n) is 10.5. The third-order valence-electron chi connectivity index (χ3n) is 2.80. The van der Waals surface area contributed by atoms with E-state index in [0.717, 1.165) is 11.4 Å². The highest BCUT2D eigenvalue weighted by molar-refractivity contribution is 5.97. The van der Waals surface area contributed by atoms with E-state index in [4.69, 9.17) is 9.47 Å². The Bertz CT molecular complexity index is 481. The Morgan fingerprint density at radius 1 is 0.944 bits per heavy atom. The molecule has 0 aliphatic carbocycles. The molecule has 94 valence electrons. The molecule has 0 saturated heterocycles. The van der Waals surface area contributed by atoms with Crippen LogP contribution in [0.3, 0.4) is 0 Å². The number of pyridine rings is 1. The van der Waals surface area contributed by atoms with Crippen molar-refractivity contribution in [1.29, 1.82) is 0 Å². The molecule has 0 aromatic carbocycles. The molecular formula is C13H15N3O2. The van der Waals surface area contributed by atoms with Gasteiger partial charge in [0.1, 0.15) is 23.6 Å². The van der Waals surface area contributed by atoms with Crippen LogP contribution in [0.5, 0.6) is 0 Å². The van der Waals surface area contributed by atoms with E-state index in [1.54, 1.807) is 0 Å². The van der Waals surface area contributed by atoms with E-state index < -0.39 is 0 Å². The summed E-state index contributed by atoms with van der Waals surface area (Å²) in [5.74, 6) is 1.21. The Balaban J connectivity index is 1.86. The van der Waals surface area contributed by atoms with Crippen LogP contribution in [0, 0.1) is 0 Å². The van der Waals surface area contributed by atoms with Gasteiger partial charge >= 0.3 is 0 Å². The van der Waals surface area contributed by atoms with Gasteiger partial charge in [0.2, 0.25) is 11.8 Å². The van der Waals surface area contributed by atoms with Crippen LogP contribution in [0.25, 0.3) is 0 Å². The molecule has 0 spiro atoms. The highest BCUT2D eigenvalue weighted by atomic mass is 16.5. The van der Waals surface area contributed by atoms with Crippen LogP contribution in [0.1, 0.15) is 25.2 Å². The highest BCUT2D eigenvalue weighted by Crippen LogP contribution is 2.14. The molecule has 0 N–H and O–H groups in total. The predicted molar refractivity (Wildman–Crippen MR) is 68.1 cm³/mol. The number of nitrogens with zero attached hydrogens (tertiary/aromatic N) is 3. The number of hydrogen-bond acceptors (Lipinski definition) is 5. The Kier molecular flexibility index (Phi) is 2.74. The SMILES string of the molecule is CC1CN=C(c2cccc(C3=NCC(C)O3)n2)O1. The lowest BCUT2D eigenvalue weighted by atomic mass is 10.3. The normalized spacial score (nSPS) is 26.3. The summed E-state index contributed by atoms with van der Waals surface area (Å²) in [6.45, 7) is 5.36. The van der Waals surface area contributed by atoms with Gasteiger partial charge in [0, 0.05) is 0 Å². The second-order valence-corrected chi connectivity index (χ2v) is 4.56. The van der Waals surface area contributed by atoms with Gasteiger partial charge in [-0.05, 0) is 26.0 Å². The van der Waals surface area contributed by atoms with E-state index in [1.165, 1.54) is 0 Å². The van der Waals surface area contributed by atoms with Crippen molar-refractivity contribution in [2.45, 2.75) is 26.1 Å². The lowest BCUT2D eigenvalue weighted by Gasteiger charge is -2.08. The molecule has 2 unspecified atom stereocenters. The topological polar surface area (TPSA) is 56.1 Å². The van der Waals surface area contributed by atoms with Crippen molar-refractivity contribution in [3.8, 4) is 0 Å². The first-order valence-corrected chi connectivity index (χ1v) is 6.12. The van der Waals surface area contributed by atoms with Crippen molar-refractivity contribution < 1.29 is 9.47 Å². The Morgan fingerprint density at radius 2 is 1.44 bits per heavy atom. The Labute approximate surface area is 106 Å². The minimum Gasteiger partial charge on any atom is -0.471 e. The number of hydrogen-bond donors (Lipinski definition) is 0. The van der Waals surface area contributed by atoms with Gasteiger partial charge in [0.15, 0.2) is 0 Å². The van der Waals surface area contributed by atoms with Crippen LogP contribution in [0.4, 0.5) is 0 Å². The summed E-state index contributed by atoms with van der Waals surface area (Å²) in [7, 11) is 0. The third-order valence-corrected chi connectivity index (χ3v) is 2.80. The van der Waals surface area contributed by atoms with E-state index >= 15 is 0 Å². The van der Waals surface area contributed by atoms with E-state index in [9.17, 15) is 0 Å². The van der Waals surface area contributed by atoms with Gasteiger partial charge in [-0.25, -0.2) is 15.0 Å². The summed E-state index contributed by atoms with van der Waals surface area (Å²) in [5, 5.41) is 0. The zero-order chi connectivity index (χ0) is 12.5. The number of rotatable bonds is 2. The van der Waals surface area contributed by atoms with Gasteiger partial charge in [0.05, 0.1) is 13.1 Å². The fourth-order valence-corrected chi connectivity index (χ4v) is 1.91. The monoisotopic (exact) mass is 245 g/mol. The maximum atomic E-state index is 5.59. The molecule has 0 fully saturated rings. The van der Waals surface area contributed by atoms with Crippen LogP contribution < -0.4 is 0 Å². The first kappa shape index (κ1) is 11.2. The summed E-state index contributed by atoms with van der Waals surface area (Å²) in [5.41, 5.74) is 1.48. The van der Waals surface area contributed by atoms with E-state index in [-0.39, 0.29) is 12.2 Å². The molecule has 1 aromatic rings. The quantitative estimate of drug-likeness (QED) is 0.791. The minimum atomic E-state index is 0.130. The van der Waals surface area contributed by atoms with Gasteiger partial charge in [-0.3, -0.25) is 0 Å². The highest BCUT2D eigenvalue weighted by Gasteiger charge is 2.21. The molecule has 3 heterocycles. The van der Waals surface area contributed by atoms with E-state index in [0.29, 0.717) is 24.9 Å². The molecule has 0 saturated carbocycles. The molecule has 0 amide bonds. The first-order chi connectivity index (χ1) is 8.72. The first-order valence-electron chi connectivity index (χ1n) is 6.12. The molecule has 3 rings (SSSR count). The van der Waals surface area contributed by atoms with Crippen molar-refractivity contribution in [3.63, 3.8) is 0 Å². The Hall–Kier alpha value is -1.91. The number of aromatic nitrogens is 1. The smallest absolute Gasteiger partial charge is 0.235 e. The molecular weight excluding hydrogens is 230 g/mol. The average Bonchev–Trinajstić information content (AvgIpc) is 2.98. The van der Waals surface area contributed by atoms with Crippen LogP contribution in [-0.2, 0) is 9.47 Å². The lowest BCUT2D eigenvalue weighted by molar-refractivity contribution is 0.244. The van der Waals surface area contributed by atoms with E-state index in [2.05, 4.69) is 15.0 Å². The van der Waals surface area contributed by atoms with E-state index in [1.807, 2.05) is 32.0 Å². The number of ether oxygens (including phenoxy) is 2. The zero-order valence-corrected chi connectivity index (χ0v) is 10.5. The van der Waals surface area contributed by atoms with Gasteiger partial charge in [-0.15, -0.1) is 0 Å². The predicted octanol–water partition coefficient (Wildman–Crippen LogP) is 1.41. The summed E-state index contributed by atoms with van der Waals surface area (Å²) >= 11 is 0. The van der Waals surface area contributed by atoms with Crippen LogP contribution >= 0.6 is 0 Å². The molecule has 18 heavy (non-hydrogen) atoms. The van der Waals surface area contributed by atoms with Crippen molar-refractivity contribution >= 4 is 11.8 Å². The molecule has 5 heteroatoms. The van der Waals surface area contributed by atoms with Crippen LogP contribution in [0.2, 0.25) is 0 Å². The minimum absolute atomic E-state index is 0.130. The average molecular weight is 245 g/mol. The van der Waals surface area contributed by atoms with Crippen LogP contribution in [-0.4, -0.2) is 42.1 Å². The maximum absolute atomic E-state index is 5.59. The molecule has 1 aromatic heterocycles. The molecule has 2 aliphatic rings. The fraction of sp³-hybridized carbons (Fsp3) is 0.462. The molecule has 0 bridgehead atoms. The van der Waals surface area contributed by atoms with Gasteiger partial charge in [-0.1, -0.05) is 6.07 Å². The van der Waals surface area contributed by atoms with Gasteiger partial charge in [-0.2, -0.15) is 0 Å². The summed E-state index contributed by atoms with van der Waals surface area (Å²) in [6, 6.07) is 5.69. The van der Waals surface area contributed by atoms with Crippen LogP contribution in [0.15, 0.2) is 28.2 Å². The fourth-order valence-electron chi connectivity index (χ4n) is 1.91. The maximum Gasteiger partial charge on any atom is 0.235 e. The standard InChI is InChI=1S/C13H15N3O2/c1-8-6-14-12(17-8)10-4-3-5-11(16-10)13-15-7-9(2)18-13/h3-5,8-9H,6-7H2,1-2H3. The molecule has 0 radical (unpaired) electrons. The van der Waals surface area contributed by atoms with Gasteiger partial charge < -0.3 is 9.47 Å². The Morgan fingerprint density at radius 3 is 1.83 bits per heavy atom. The summed E-state index contributed by atoms with van der Waals surface area (Å²) < 4.78 is 11.2. The molecule has 5 nitrogen and oxygen atoms in total.